The summed E-state index contributed by atoms with van der Waals surface area (Å²) < 4.78 is 6.78. The van der Waals surface area contributed by atoms with Gasteiger partial charge in [-0.3, -0.25) is 9.48 Å². The van der Waals surface area contributed by atoms with Crippen LogP contribution in [0.15, 0.2) is 12.3 Å². The zero-order valence-electron chi connectivity index (χ0n) is 6.43. The fourth-order valence-corrected chi connectivity index (χ4v) is 1.28. The topological polar surface area (TPSA) is 70.1 Å². The predicted molar refractivity (Wildman–Crippen MR) is 40.1 cm³/mol. The Labute approximate surface area is 69.1 Å². The first-order chi connectivity index (χ1) is 5.79. The van der Waals surface area contributed by atoms with Crippen molar-refractivity contribution in [2.75, 3.05) is 6.61 Å². The van der Waals surface area contributed by atoms with Crippen LogP contribution in [-0.4, -0.2) is 22.3 Å². The minimum absolute atomic E-state index is 0.323. The Kier molecular flexibility index (Phi) is 1.58. The van der Waals surface area contributed by atoms with Crippen molar-refractivity contribution in [3.8, 4) is 0 Å². The summed E-state index contributed by atoms with van der Waals surface area (Å²) in [7, 11) is 0. The Hall–Kier alpha value is -1.36. The number of rotatable bonds is 1. The van der Waals surface area contributed by atoms with Crippen LogP contribution in [-0.2, 0) is 16.1 Å². The highest BCUT2D eigenvalue weighted by Gasteiger charge is 2.24. The Morgan fingerprint density at radius 3 is 3.42 bits per heavy atom. The second-order valence-corrected chi connectivity index (χ2v) is 2.70. The number of carbonyl (C=O) groups excluding carboxylic acids is 1. The Balaban J connectivity index is 2.37. The lowest BCUT2D eigenvalue weighted by Gasteiger charge is -2.21. The van der Waals surface area contributed by atoms with E-state index in [9.17, 15) is 4.79 Å². The molecule has 0 aliphatic carbocycles. The van der Waals surface area contributed by atoms with E-state index in [1.807, 2.05) is 6.07 Å². The maximum Gasteiger partial charge on any atom is 0.244 e. The molecule has 0 saturated carbocycles. The van der Waals surface area contributed by atoms with E-state index >= 15 is 0 Å². The maximum atomic E-state index is 10.9. The third-order valence-electron chi connectivity index (χ3n) is 1.90. The smallest absolute Gasteiger partial charge is 0.244 e. The molecule has 2 N–H and O–H groups in total. The second-order valence-electron chi connectivity index (χ2n) is 2.70. The van der Waals surface area contributed by atoms with Crippen molar-refractivity contribution in [1.29, 1.82) is 0 Å². The number of nitrogens with zero attached hydrogens (tertiary/aromatic N) is 2. The van der Waals surface area contributed by atoms with Crippen molar-refractivity contribution in [2.24, 2.45) is 5.73 Å². The van der Waals surface area contributed by atoms with E-state index in [0.29, 0.717) is 13.2 Å². The van der Waals surface area contributed by atoms with Crippen LogP contribution in [0.4, 0.5) is 0 Å². The molecule has 1 aliphatic heterocycles. The maximum absolute atomic E-state index is 10.9. The van der Waals surface area contributed by atoms with Gasteiger partial charge in [-0.25, -0.2) is 0 Å². The van der Waals surface area contributed by atoms with Gasteiger partial charge in [0.2, 0.25) is 5.91 Å². The monoisotopic (exact) mass is 167 g/mol. The molecule has 1 amide bonds. The highest BCUT2D eigenvalue weighted by Crippen LogP contribution is 2.16. The molecule has 0 fully saturated rings. The highest BCUT2D eigenvalue weighted by molar-refractivity contribution is 5.78. The molecule has 1 atom stereocenters. The van der Waals surface area contributed by atoms with Gasteiger partial charge < -0.3 is 10.5 Å². The van der Waals surface area contributed by atoms with E-state index in [-0.39, 0.29) is 0 Å². The molecule has 0 spiro atoms. The molecule has 5 heteroatoms. The Morgan fingerprint density at radius 2 is 2.67 bits per heavy atom. The fraction of sp³-hybridized carbons (Fsp3) is 0.429. The molecule has 0 radical (unpaired) electrons. The van der Waals surface area contributed by atoms with Gasteiger partial charge in [0, 0.05) is 6.20 Å². The Morgan fingerprint density at radius 1 is 1.83 bits per heavy atom. The number of hydrogen-bond donors (Lipinski definition) is 1. The van der Waals surface area contributed by atoms with Crippen molar-refractivity contribution in [3.63, 3.8) is 0 Å². The van der Waals surface area contributed by atoms with Crippen LogP contribution in [0.1, 0.15) is 11.7 Å². The van der Waals surface area contributed by atoms with Crippen molar-refractivity contribution in [1.82, 2.24) is 9.78 Å². The summed E-state index contributed by atoms with van der Waals surface area (Å²) in [5.74, 6) is -0.403. The lowest BCUT2D eigenvalue weighted by Crippen LogP contribution is -2.34. The van der Waals surface area contributed by atoms with Crippen LogP contribution in [0.25, 0.3) is 0 Å². The molecular formula is C7H9N3O2. The summed E-state index contributed by atoms with van der Waals surface area (Å²) in [4.78, 5) is 10.9. The normalized spacial score (nSPS) is 21.8. The molecule has 1 unspecified atom stereocenters. The molecule has 0 bridgehead atoms. The first-order valence-electron chi connectivity index (χ1n) is 3.68. The molecule has 12 heavy (non-hydrogen) atoms. The van der Waals surface area contributed by atoms with Crippen molar-refractivity contribution >= 4 is 5.91 Å². The summed E-state index contributed by atoms with van der Waals surface area (Å²) in [5.41, 5.74) is 6.06. The summed E-state index contributed by atoms with van der Waals surface area (Å²) in [6.07, 6.45) is 1.64. The van der Waals surface area contributed by atoms with Crippen LogP contribution in [0, 0.1) is 0 Å². The number of ether oxygens (including phenoxy) is 1. The average Bonchev–Trinajstić information content (AvgIpc) is 2.49. The fourth-order valence-electron chi connectivity index (χ4n) is 1.28. The largest absolute Gasteiger partial charge is 0.372 e. The lowest BCUT2D eigenvalue weighted by molar-refractivity contribution is -0.124. The summed E-state index contributed by atoms with van der Waals surface area (Å²) in [6.45, 7) is 0.827. The SMILES string of the molecule is NC(=O)C1COCc2ccnn21. The van der Waals surface area contributed by atoms with E-state index in [4.69, 9.17) is 10.5 Å². The number of primary amides is 1. The molecule has 1 aromatic heterocycles. The lowest BCUT2D eigenvalue weighted by atomic mass is 10.2. The van der Waals surface area contributed by atoms with Crippen molar-refractivity contribution in [2.45, 2.75) is 12.6 Å². The van der Waals surface area contributed by atoms with Gasteiger partial charge in [0.1, 0.15) is 0 Å². The third-order valence-corrected chi connectivity index (χ3v) is 1.90. The van der Waals surface area contributed by atoms with Crippen LogP contribution >= 0.6 is 0 Å². The average molecular weight is 167 g/mol. The molecule has 0 saturated heterocycles. The number of carbonyl (C=O) groups is 1. The van der Waals surface area contributed by atoms with Crippen LogP contribution < -0.4 is 5.73 Å². The number of nitrogens with two attached hydrogens (primary N) is 1. The summed E-state index contributed by atoms with van der Waals surface area (Å²) in [6, 6.07) is 1.37. The van der Waals surface area contributed by atoms with E-state index in [1.54, 1.807) is 10.9 Å². The molecule has 2 rings (SSSR count). The molecule has 1 aliphatic rings. The van der Waals surface area contributed by atoms with Gasteiger partial charge in [0.05, 0.1) is 18.9 Å². The second kappa shape index (κ2) is 2.60. The first kappa shape index (κ1) is 7.30. The van der Waals surface area contributed by atoms with Gasteiger partial charge in [-0.05, 0) is 6.07 Å². The molecule has 2 heterocycles. The van der Waals surface area contributed by atoms with Gasteiger partial charge >= 0.3 is 0 Å². The van der Waals surface area contributed by atoms with E-state index in [1.165, 1.54) is 0 Å². The number of amides is 1. The molecule has 0 aromatic carbocycles. The molecule has 5 nitrogen and oxygen atoms in total. The van der Waals surface area contributed by atoms with Gasteiger partial charge in [0.25, 0.3) is 0 Å². The standard InChI is InChI=1S/C7H9N3O2/c8-7(11)6-4-12-3-5-1-2-9-10(5)6/h1-2,6H,3-4H2,(H2,8,11). The van der Waals surface area contributed by atoms with Crippen molar-refractivity contribution in [3.05, 3.63) is 18.0 Å². The summed E-state index contributed by atoms with van der Waals surface area (Å²) in [5, 5.41) is 4.00. The molecular weight excluding hydrogens is 158 g/mol. The van der Waals surface area contributed by atoms with Gasteiger partial charge in [-0.15, -0.1) is 0 Å². The van der Waals surface area contributed by atoms with E-state index < -0.39 is 11.9 Å². The quantitative estimate of drug-likeness (QED) is 0.609. The zero-order chi connectivity index (χ0) is 8.55. The van der Waals surface area contributed by atoms with E-state index in [0.717, 1.165) is 5.69 Å². The zero-order valence-corrected chi connectivity index (χ0v) is 6.43. The van der Waals surface area contributed by atoms with Gasteiger partial charge in [-0.2, -0.15) is 5.10 Å². The predicted octanol–water partition coefficient (Wildman–Crippen LogP) is -0.560. The highest BCUT2D eigenvalue weighted by atomic mass is 16.5. The van der Waals surface area contributed by atoms with Crippen LogP contribution in [0.5, 0.6) is 0 Å². The third kappa shape index (κ3) is 0.984. The van der Waals surface area contributed by atoms with Crippen LogP contribution in [0.3, 0.4) is 0 Å². The summed E-state index contributed by atoms with van der Waals surface area (Å²) >= 11 is 0. The number of aromatic nitrogens is 2. The minimum atomic E-state index is -0.441. The van der Waals surface area contributed by atoms with Gasteiger partial charge in [-0.1, -0.05) is 0 Å². The van der Waals surface area contributed by atoms with Gasteiger partial charge in [0.15, 0.2) is 6.04 Å². The molecule has 64 valence electrons. The molecule has 1 aromatic rings. The van der Waals surface area contributed by atoms with E-state index in [2.05, 4.69) is 5.10 Å². The van der Waals surface area contributed by atoms with Crippen molar-refractivity contribution < 1.29 is 9.53 Å². The Bertz CT molecular complexity index is 307. The first-order valence-corrected chi connectivity index (χ1v) is 3.68. The minimum Gasteiger partial charge on any atom is -0.372 e. The number of hydrogen-bond acceptors (Lipinski definition) is 3. The number of fused-ring (bicyclic) bond motifs is 1. The van der Waals surface area contributed by atoms with Crippen LogP contribution in [0.2, 0.25) is 0 Å².